The Labute approximate surface area is 81.9 Å². The number of hydrogen-bond acceptors (Lipinski definition) is 3. The molecule has 1 aromatic rings. The molecule has 1 aromatic carbocycles. The molecular formula is C10H12O2S. The van der Waals surface area contributed by atoms with Crippen LogP contribution in [0.1, 0.15) is 5.56 Å². The van der Waals surface area contributed by atoms with E-state index in [1.165, 1.54) is 11.8 Å². The van der Waals surface area contributed by atoms with Gasteiger partial charge in [-0.05, 0) is 17.7 Å². The summed E-state index contributed by atoms with van der Waals surface area (Å²) in [4.78, 5) is 1.03. The zero-order chi connectivity index (χ0) is 9.68. The summed E-state index contributed by atoms with van der Waals surface area (Å²) in [6.07, 6.45) is 0.527. The second-order valence-electron chi connectivity index (χ2n) is 2.56. The highest BCUT2D eigenvalue weighted by Gasteiger charge is 1.98. The van der Waals surface area contributed by atoms with Gasteiger partial charge in [-0.3, -0.25) is 0 Å². The van der Waals surface area contributed by atoms with E-state index < -0.39 is 6.29 Å². The van der Waals surface area contributed by atoms with E-state index in [2.05, 4.69) is 6.58 Å². The number of aliphatic hydroxyl groups excluding tert-OH is 1. The zero-order valence-corrected chi connectivity index (χ0v) is 8.00. The fourth-order valence-corrected chi connectivity index (χ4v) is 1.54. The minimum Gasteiger partial charge on any atom is -0.367 e. The zero-order valence-electron chi connectivity index (χ0n) is 7.18. The molecule has 0 amide bonds. The predicted molar refractivity (Wildman–Crippen MR) is 55.5 cm³/mol. The first-order chi connectivity index (χ1) is 6.22. The van der Waals surface area contributed by atoms with E-state index in [-0.39, 0.29) is 0 Å². The predicted octanol–water partition coefficient (Wildman–Crippen LogP) is 1.73. The normalized spacial score (nSPS) is 10.4. The van der Waals surface area contributed by atoms with Crippen molar-refractivity contribution < 1.29 is 10.2 Å². The number of benzene rings is 1. The van der Waals surface area contributed by atoms with Gasteiger partial charge < -0.3 is 10.2 Å². The Morgan fingerprint density at radius 1 is 1.31 bits per heavy atom. The van der Waals surface area contributed by atoms with Crippen LogP contribution in [-0.2, 0) is 0 Å². The lowest BCUT2D eigenvalue weighted by molar-refractivity contribution is -0.0186. The monoisotopic (exact) mass is 196 g/mol. The molecule has 0 heterocycles. The lowest BCUT2D eigenvalue weighted by atomic mass is 10.2. The van der Waals surface area contributed by atoms with Gasteiger partial charge in [-0.1, -0.05) is 24.8 Å². The van der Waals surface area contributed by atoms with Crippen molar-refractivity contribution in [2.75, 3.05) is 5.75 Å². The maximum atomic E-state index is 8.63. The molecule has 0 atom stereocenters. The molecule has 1 rings (SSSR count). The number of rotatable bonds is 4. The molecule has 0 saturated heterocycles. The molecule has 0 spiro atoms. The largest absolute Gasteiger partial charge is 0.367 e. The van der Waals surface area contributed by atoms with E-state index in [9.17, 15) is 0 Å². The lowest BCUT2D eigenvalue weighted by Crippen LogP contribution is -2.06. The van der Waals surface area contributed by atoms with Crippen LogP contribution in [0.15, 0.2) is 35.7 Å². The molecule has 2 nitrogen and oxygen atoms in total. The van der Waals surface area contributed by atoms with E-state index in [4.69, 9.17) is 10.2 Å². The van der Waals surface area contributed by atoms with Gasteiger partial charge in [0.25, 0.3) is 0 Å². The highest BCUT2D eigenvalue weighted by Crippen LogP contribution is 2.18. The standard InChI is InChI=1S/C10H12O2S/c1-2-8-3-5-9(6-4-8)13-7-10(11)12/h2-6,10-12H,1,7H2. The SMILES string of the molecule is C=Cc1ccc(SCC(O)O)cc1. The number of hydrogen-bond donors (Lipinski definition) is 2. The lowest BCUT2D eigenvalue weighted by Gasteiger charge is -2.03. The summed E-state index contributed by atoms with van der Waals surface area (Å²) in [6.45, 7) is 3.65. The highest BCUT2D eigenvalue weighted by atomic mass is 32.2. The van der Waals surface area contributed by atoms with Gasteiger partial charge in [-0.15, -0.1) is 11.8 Å². The Morgan fingerprint density at radius 2 is 1.92 bits per heavy atom. The van der Waals surface area contributed by atoms with Gasteiger partial charge in [0.2, 0.25) is 0 Å². The van der Waals surface area contributed by atoms with Crippen molar-refractivity contribution in [2.45, 2.75) is 11.2 Å². The van der Waals surface area contributed by atoms with Crippen LogP contribution in [0.2, 0.25) is 0 Å². The number of thioether (sulfide) groups is 1. The van der Waals surface area contributed by atoms with Crippen LogP contribution in [0.5, 0.6) is 0 Å². The van der Waals surface area contributed by atoms with Gasteiger partial charge >= 0.3 is 0 Å². The molecule has 13 heavy (non-hydrogen) atoms. The van der Waals surface area contributed by atoms with Gasteiger partial charge in [0.05, 0.1) is 0 Å². The Hall–Kier alpha value is -0.770. The van der Waals surface area contributed by atoms with E-state index >= 15 is 0 Å². The van der Waals surface area contributed by atoms with Gasteiger partial charge in [0.15, 0.2) is 6.29 Å². The van der Waals surface area contributed by atoms with Crippen molar-refractivity contribution in [3.8, 4) is 0 Å². The third-order valence-electron chi connectivity index (χ3n) is 1.51. The molecule has 0 radical (unpaired) electrons. The first-order valence-electron chi connectivity index (χ1n) is 3.94. The van der Waals surface area contributed by atoms with Crippen molar-refractivity contribution >= 4 is 17.8 Å². The molecule has 3 heteroatoms. The quantitative estimate of drug-likeness (QED) is 0.569. The van der Waals surface area contributed by atoms with Gasteiger partial charge in [-0.2, -0.15) is 0 Å². The van der Waals surface area contributed by atoms with Crippen molar-refractivity contribution in [3.63, 3.8) is 0 Å². The summed E-state index contributed by atoms with van der Waals surface area (Å²) < 4.78 is 0. The molecular weight excluding hydrogens is 184 g/mol. The molecule has 0 aliphatic heterocycles. The fourth-order valence-electron chi connectivity index (χ4n) is 0.871. The molecule has 0 aromatic heterocycles. The van der Waals surface area contributed by atoms with Gasteiger partial charge in [0, 0.05) is 10.6 Å². The average molecular weight is 196 g/mol. The summed E-state index contributed by atoms with van der Waals surface area (Å²) >= 11 is 1.41. The molecule has 2 N–H and O–H groups in total. The smallest absolute Gasteiger partial charge is 0.160 e. The summed E-state index contributed by atoms with van der Waals surface area (Å²) in [5.74, 6) is 0.299. The molecule has 70 valence electrons. The summed E-state index contributed by atoms with van der Waals surface area (Å²) in [7, 11) is 0. The van der Waals surface area contributed by atoms with Crippen LogP contribution in [0.3, 0.4) is 0 Å². The second-order valence-corrected chi connectivity index (χ2v) is 3.66. The van der Waals surface area contributed by atoms with Crippen LogP contribution in [0, 0.1) is 0 Å². The van der Waals surface area contributed by atoms with Crippen LogP contribution in [-0.4, -0.2) is 22.3 Å². The molecule has 0 unspecified atom stereocenters. The van der Waals surface area contributed by atoms with Crippen LogP contribution >= 0.6 is 11.8 Å². The van der Waals surface area contributed by atoms with Crippen LogP contribution in [0.25, 0.3) is 6.08 Å². The summed E-state index contributed by atoms with van der Waals surface area (Å²) in [6, 6.07) is 7.76. The summed E-state index contributed by atoms with van der Waals surface area (Å²) in [5.41, 5.74) is 1.06. The van der Waals surface area contributed by atoms with E-state index in [1.807, 2.05) is 24.3 Å². The van der Waals surface area contributed by atoms with Crippen molar-refractivity contribution in [1.29, 1.82) is 0 Å². The number of aliphatic hydroxyl groups is 2. The van der Waals surface area contributed by atoms with E-state index in [0.717, 1.165) is 10.5 Å². The first kappa shape index (κ1) is 10.3. The Kier molecular flexibility index (Phi) is 4.02. The molecule has 0 saturated carbocycles. The third-order valence-corrected chi connectivity index (χ3v) is 2.59. The third kappa shape index (κ3) is 3.63. The minimum absolute atomic E-state index is 0.299. The van der Waals surface area contributed by atoms with E-state index in [0.29, 0.717) is 5.75 Å². The molecule has 0 aliphatic carbocycles. The van der Waals surface area contributed by atoms with Gasteiger partial charge in [0.1, 0.15) is 0 Å². The van der Waals surface area contributed by atoms with Crippen molar-refractivity contribution in [2.24, 2.45) is 0 Å². The first-order valence-corrected chi connectivity index (χ1v) is 4.92. The fraction of sp³-hybridized carbons (Fsp3) is 0.200. The Bertz CT molecular complexity index is 267. The van der Waals surface area contributed by atoms with Crippen LogP contribution < -0.4 is 0 Å². The highest BCUT2D eigenvalue weighted by molar-refractivity contribution is 7.99. The Morgan fingerprint density at radius 3 is 2.38 bits per heavy atom. The Balaban J connectivity index is 2.54. The maximum absolute atomic E-state index is 8.63. The van der Waals surface area contributed by atoms with Crippen LogP contribution in [0.4, 0.5) is 0 Å². The molecule has 0 fully saturated rings. The topological polar surface area (TPSA) is 40.5 Å². The second kappa shape index (κ2) is 5.07. The van der Waals surface area contributed by atoms with Crippen molar-refractivity contribution in [1.82, 2.24) is 0 Å². The van der Waals surface area contributed by atoms with Gasteiger partial charge in [-0.25, -0.2) is 0 Å². The summed E-state index contributed by atoms with van der Waals surface area (Å²) in [5, 5.41) is 17.3. The molecule has 0 bridgehead atoms. The average Bonchev–Trinajstić information content (AvgIpc) is 2.15. The maximum Gasteiger partial charge on any atom is 0.160 e. The van der Waals surface area contributed by atoms with E-state index in [1.54, 1.807) is 6.08 Å². The molecule has 0 aliphatic rings. The van der Waals surface area contributed by atoms with Crippen molar-refractivity contribution in [3.05, 3.63) is 36.4 Å². The minimum atomic E-state index is -1.25.